The summed E-state index contributed by atoms with van der Waals surface area (Å²) in [6, 6.07) is 7.78. The van der Waals surface area contributed by atoms with Crippen molar-refractivity contribution < 1.29 is 23.9 Å². The predicted molar refractivity (Wildman–Crippen MR) is 129 cm³/mol. The third kappa shape index (κ3) is 4.60. The summed E-state index contributed by atoms with van der Waals surface area (Å²) in [6.45, 7) is 3.07. The molecule has 0 spiro atoms. The van der Waals surface area contributed by atoms with Crippen molar-refractivity contribution in [3.8, 4) is 18.1 Å². The first-order valence-corrected chi connectivity index (χ1v) is 12.1. The molecule has 2 saturated heterocycles. The number of benzene rings is 1. The lowest BCUT2D eigenvalue weighted by Gasteiger charge is -2.31. The van der Waals surface area contributed by atoms with E-state index >= 15 is 0 Å². The van der Waals surface area contributed by atoms with Crippen LogP contribution in [0.25, 0.3) is 0 Å². The number of likely N-dealkylation sites (tertiary alicyclic amines) is 1. The van der Waals surface area contributed by atoms with E-state index in [1.54, 1.807) is 18.2 Å². The lowest BCUT2D eigenvalue weighted by atomic mass is 9.97. The average molecular weight is 487 g/mol. The smallest absolute Gasteiger partial charge is 0.266 e. The number of aromatic nitrogens is 1. The average Bonchev–Trinajstić information content (AvgIpc) is 3.14. The van der Waals surface area contributed by atoms with Crippen LogP contribution >= 0.6 is 0 Å². The van der Waals surface area contributed by atoms with Gasteiger partial charge in [0.25, 0.3) is 11.8 Å². The maximum Gasteiger partial charge on any atom is 0.266 e. The summed E-state index contributed by atoms with van der Waals surface area (Å²) >= 11 is 0. The number of terminal acetylenes is 1. The number of rotatable bonds is 6. The molecule has 9 nitrogen and oxygen atoms in total. The topological polar surface area (TPSA) is 109 Å². The summed E-state index contributed by atoms with van der Waals surface area (Å²) in [5, 5.41) is 2.21. The summed E-state index contributed by atoms with van der Waals surface area (Å²) in [5.74, 6) is 1.07. The monoisotopic (exact) mass is 486 g/mol. The lowest BCUT2D eigenvalue weighted by molar-refractivity contribution is -0.136. The van der Waals surface area contributed by atoms with Crippen LogP contribution in [0.5, 0.6) is 5.75 Å². The van der Waals surface area contributed by atoms with Crippen LogP contribution in [0, 0.1) is 18.3 Å². The first-order chi connectivity index (χ1) is 17.4. The molecule has 4 amide bonds. The van der Waals surface area contributed by atoms with Crippen LogP contribution in [0.2, 0.25) is 0 Å². The number of piperidine rings is 2. The van der Waals surface area contributed by atoms with E-state index in [-0.39, 0.29) is 24.0 Å². The molecule has 0 aliphatic carbocycles. The minimum Gasteiger partial charge on any atom is -0.492 e. The van der Waals surface area contributed by atoms with Gasteiger partial charge in [0.15, 0.2) is 0 Å². The Kier molecular flexibility index (Phi) is 6.53. The fraction of sp³-hybridized carbons (Fsp3) is 0.370. The molecular formula is C27H26N4O5. The Morgan fingerprint density at radius 3 is 2.56 bits per heavy atom. The molecule has 4 heterocycles. The van der Waals surface area contributed by atoms with Crippen molar-refractivity contribution in [1.82, 2.24) is 20.1 Å². The molecular weight excluding hydrogens is 460 g/mol. The number of nitrogens with zero attached hydrogens (tertiary/aromatic N) is 3. The highest BCUT2D eigenvalue weighted by atomic mass is 16.5. The van der Waals surface area contributed by atoms with E-state index in [9.17, 15) is 19.2 Å². The first kappa shape index (κ1) is 23.7. The van der Waals surface area contributed by atoms with Crippen LogP contribution in [-0.4, -0.2) is 64.2 Å². The third-order valence-electron chi connectivity index (χ3n) is 6.99. The van der Waals surface area contributed by atoms with Gasteiger partial charge in [0.05, 0.1) is 17.7 Å². The minimum absolute atomic E-state index is 0.0819. The zero-order valence-corrected chi connectivity index (χ0v) is 19.7. The number of imide groups is 2. The van der Waals surface area contributed by atoms with Crippen LogP contribution < -0.4 is 10.1 Å². The molecule has 1 unspecified atom stereocenters. The fourth-order valence-corrected chi connectivity index (χ4v) is 4.98. The van der Waals surface area contributed by atoms with Crippen molar-refractivity contribution in [2.45, 2.75) is 38.3 Å². The maximum absolute atomic E-state index is 13.2. The Hall–Kier alpha value is -4.03. The highest BCUT2D eigenvalue weighted by molar-refractivity contribution is 6.24. The Morgan fingerprint density at radius 2 is 1.86 bits per heavy atom. The van der Waals surface area contributed by atoms with Crippen LogP contribution in [-0.2, 0) is 16.1 Å². The first-order valence-electron chi connectivity index (χ1n) is 12.1. The molecule has 9 heteroatoms. The van der Waals surface area contributed by atoms with Gasteiger partial charge < -0.3 is 4.74 Å². The molecule has 2 aromatic rings. The number of pyridine rings is 1. The largest absolute Gasteiger partial charge is 0.492 e. The molecule has 0 bridgehead atoms. The summed E-state index contributed by atoms with van der Waals surface area (Å²) in [5.41, 5.74) is 2.16. The Bertz CT molecular complexity index is 1260. The molecule has 0 saturated carbocycles. The van der Waals surface area contributed by atoms with E-state index in [2.05, 4.69) is 21.1 Å². The zero-order valence-electron chi connectivity index (χ0n) is 19.7. The van der Waals surface area contributed by atoms with Crippen LogP contribution in [0.1, 0.15) is 57.7 Å². The molecule has 3 aliphatic rings. The molecule has 1 atom stereocenters. The number of fused-ring (bicyclic) bond motifs is 1. The number of carbonyl (C=O) groups is 4. The van der Waals surface area contributed by atoms with Gasteiger partial charge in [-0.25, -0.2) is 4.98 Å². The molecule has 2 fully saturated rings. The molecule has 0 radical (unpaired) electrons. The van der Waals surface area contributed by atoms with Gasteiger partial charge in [-0.15, -0.1) is 6.42 Å². The Labute approximate surface area is 208 Å². The second-order valence-electron chi connectivity index (χ2n) is 9.35. The molecule has 36 heavy (non-hydrogen) atoms. The van der Waals surface area contributed by atoms with Crippen LogP contribution in [0.15, 0.2) is 36.5 Å². The van der Waals surface area contributed by atoms with Gasteiger partial charge in [0.2, 0.25) is 11.8 Å². The highest BCUT2D eigenvalue weighted by Crippen LogP contribution is 2.34. The van der Waals surface area contributed by atoms with Crippen molar-refractivity contribution in [2.75, 3.05) is 19.7 Å². The van der Waals surface area contributed by atoms with Gasteiger partial charge in [-0.3, -0.25) is 34.3 Å². The quantitative estimate of drug-likeness (QED) is 0.490. The van der Waals surface area contributed by atoms with E-state index in [1.165, 1.54) is 0 Å². The second kappa shape index (κ2) is 9.91. The number of nitrogens with one attached hydrogen (secondary N) is 1. The highest BCUT2D eigenvalue weighted by Gasteiger charge is 2.46. The van der Waals surface area contributed by atoms with Crippen molar-refractivity contribution in [1.29, 1.82) is 0 Å². The molecule has 1 aromatic carbocycles. The SMILES string of the molecule is C#Cc1ccc(CN2CCC(COc3cccc4c3C(=O)N(C3CCC(=O)NC3=O)C4=O)CC2)cn1. The van der Waals surface area contributed by atoms with Crippen molar-refractivity contribution >= 4 is 23.6 Å². The summed E-state index contributed by atoms with van der Waals surface area (Å²) in [4.78, 5) is 57.5. The minimum atomic E-state index is -0.995. The maximum atomic E-state index is 13.2. The summed E-state index contributed by atoms with van der Waals surface area (Å²) in [6.07, 6.45) is 9.27. The van der Waals surface area contributed by atoms with Crippen molar-refractivity contribution in [2.24, 2.45) is 5.92 Å². The van der Waals surface area contributed by atoms with Crippen molar-refractivity contribution in [3.63, 3.8) is 0 Å². The molecule has 1 N–H and O–H groups in total. The second-order valence-corrected chi connectivity index (χ2v) is 9.35. The van der Waals surface area contributed by atoms with E-state index < -0.39 is 29.7 Å². The predicted octanol–water partition coefficient (Wildman–Crippen LogP) is 1.76. The van der Waals surface area contributed by atoms with Gasteiger partial charge >= 0.3 is 0 Å². The third-order valence-corrected chi connectivity index (χ3v) is 6.99. The van der Waals surface area contributed by atoms with E-state index in [1.807, 2.05) is 18.3 Å². The number of ether oxygens (including phenoxy) is 1. The van der Waals surface area contributed by atoms with E-state index in [0.717, 1.165) is 42.9 Å². The number of hydrogen-bond acceptors (Lipinski definition) is 7. The lowest BCUT2D eigenvalue weighted by Crippen LogP contribution is -2.54. The van der Waals surface area contributed by atoms with Crippen LogP contribution in [0.3, 0.4) is 0 Å². The van der Waals surface area contributed by atoms with Gasteiger partial charge in [0, 0.05) is 19.2 Å². The van der Waals surface area contributed by atoms with E-state index in [0.29, 0.717) is 24.0 Å². The molecule has 5 rings (SSSR count). The molecule has 1 aromatic heterocycles. The van der Waals surface area contributed by atoms with Gasteiger partial charge in [-0.1, -0.05) is 18.1 Å². The molecule has 184 valence electrons. The van der Waals surface area contributed by atoms with Gasteiger partial charge in [-0.05, 0) is 62.0 Å². The van der Waals surface area contributed by atoms with Crippen molar-refractivity contribution in [3.05, 3.63) is 58.9 Å². The number of amides is 4. The Balaban J connectivity index is 1.19. The number of carbonyl (C=O) groups excluding carboxylic acids is 4. The van der Waals surface area contributed by atoms with Crippen LogP contribution in [0.4, 0.5) is 0 Å². The summed E-state index contributed by atoms with van der Waals surface area (Å²) in [7, 11) is 0. The fourth-order valence-electron chi connectivity index (χ4n) is 4.98. The summed E-state index contributed by atoms with van der Waals surface area (Å²) < 4.78 is 6.06. The normalized spacial score (nSPS) is 20.8. The standard InChI is InChI=1S/C27H26N4O5/c1-2-19-7-6-18(14-28-19)15-30-12-10-17(11-13-30)16-36-22-5-3-4-20-24(22)27(35)31(26(20)34)21-8-9-23(32)29-25(21)33/h1,3-7,14,17,21H,8-13,15-16H2,(H,29,32,33). The Morgan fingerprint density at radius 1 is 1.06 bits per heavy atom. The van der Waals surface area contributed by atoms with E-state index in [4.69, 9.17) is 11.2 Å². The molecule has 3 aliphatic heterocycles. The number of hydrogen-bond donors (Lipinski definition) is 1. The van der Waals surface area contributed by atoms with Gasteiger partial charge in [0.1, 0.15) is 17.5 Å². The van der Waals surface area contributed by atoms with Gasteiger partial charge in [-0.2, -0.15) is 0 Å². The zero-order chi connectivity index (χ0) is 25.2.